The van der Waals surface area contributed by atoms with Crippen LogP contribution in [0.2, 0.25) is 0 Å². The molecule has 0 radical (unpaired) electrons. The van der Waals surface area contributed by atoms with Gasteiger partial charge in [-0.05, 0) is 18.3 Å². The Hall–Kier alpha value is -3.08. The average Bonchev–Trinajstić information content (AvgIpc) is 2.63. The summed E-state index contributed by atoms with van der Waals surface area (Å²) < 4.78 is 4.58. The van der Waals surface area contributed by atoms with E-state index in [4.69, 9.17) is 12.2 Å². The number of benzene rings is 1. The van der Waals surface area contributed by atoms with Crippen LogP contribution in [0.1, 0.15) is 16.8 Å². The zero-order valence-electron chi connectivity index (χ0n) is 13.8. The highest BCUT2D eigenvalue weighted by atomic mass is 32.1. The molecule has 2 amide bonds. The fourth-order valence-corrected chi connectivity index (χ4v) is 2.71. The fourth-order valence-electron chi connectivity index (χ4n) is 2.40. The summed E-state index contributed by atoms with van der Waals surface area (Å²) in [7, 11) is 1.20. The zero-order chi connectivity index (χ0) is 19.3. The molecule has 0 spiro atoms. The summed E-state index contributed by atoms with van der Waals surface area (Å²) in [5.41, 5.74) is -0.183. The summed E-state index contributed by atoms with van der Waals surface area (Å²) in [5.74, 6) is -1.65. The van der Waals surface area contributed by atoms with Crippen LogP contribution < -0.4 is 10.6 Å². The molecule has 26 heavy (non-hydrogen) atoms. The average molecular weight is 380 g/mol. The van der Waals surface area contributed by atoms with E-state index in [1.54, 1.807) is 0 Å². The maximum absolute atomic E-state index is 12.3. The van der Waals surface area contributed by atoms with Gasteiger partial charge in [0, 0.05) is 30.8 Å². The van der Waals surface area contributed by atoms with Gasteiger partial charge in [-0.3, -0.25) is 29.8 Å². The van der Waals surface area contributed by atoms with E-state index in [1.807, 2.05) is 0 Å². The number of carbonyl (C=O) groups excluding carboxylic acids is 3. The van der Waals surface area contributed by atoms with Crippen LogP contribution in [0.5, 0.6) is 0 Å². The topological polar surface area (TPSA) is 131 Å². The van der Waals surface area contributed by atoms with E-state index < -0.39 is 28.7 Å². The SMILES string of the molecule is COC(=O)CC1C(=O)NCCN1C(=S)NC(=O)c1cccc([N+](=O)[O-])c1. The monoisotopic (exact) mass is 380 g/mol. The van der Waals surface area contributed by atoms with Crippen LogP contribution in [-0.2, 0) is 14.3 Å². The van der Waals surface area contributed by atoms with E-state index in [9.17, 15) is 24.5 Å². The Morgan fingerprint density at radius 2 is 2.23 bits per heavy atom. The number of methoxy groups -OCH3 is 1. The number of thiocarbonyl (C=S) groups is 1. The van der Waals surface area contributed by atoms with E-state index in [0.29, 0.717) is 13.1 Å². The number of amides is 2. The lowest BCUT2D eigenvalue weighted by Crippen LogP contribution is -2.60. The van der Waals surface area contributed by atoms with Crippen molar-refractivity contribution in [2.24, 2.45) is 0 Å². The Bertz CT molecular complexity index is 768. The minimum Gasteiger partial charge on any atom is -0.469 e. The summed E-state index contributed by atoms with van der Waals surface area (Å²) in [6.45, 7) is 0.588. The lowest BCUT2D eigenvalue weighted by atomic mass is 10.1. The van der Waals surface area contributed by atoms with Gasteiger partial charge in [-0.15, -0.1) is 0 Å². The van der Waals surface area contributed by atoms with Gasteiger partial charge in [-0.1, -0.05) is 6.07 Å². The predicted octanol–water partition coefficient (Wildman–Crippen LogP) is -0.0270. The number of nitro groups is 1. The van der Waals surface area contributed by atoms with Crippen molar-refractivity contribution in [3.63, 3.8) is 0 Å². The molecule has 1 fully saturated rings. The van der Waals surface area contributed by atoms with Gasteiger partial charge in [0.15, 0.2) is 5.11 Å². The van der Waals surface area contributed by atoms with Gasteiger partial charge in [0.25, 0.3) is 11.6 Å². The van der Waals surface area contributed by atoms with Crippen molar-refractivity contribution in [3.8, 4) is 0 Å². The van der Waals surface area contributed by atoms with Crippen LogP contribution in [-0.4, -0.2) is 59.0 Å². The first-order chi connectivity index (χ1) is 12.3. The van der Waals surface area contributed by atoms with Gasteiger partial charge in [0.05, 0.1) is 18.5 Å². The number of nitro benzene ring substituents is 1. The van der Waals surface area contributed by atoms with Gasteiger partial charge >= 0.3 is 5.97 Å². The first-order valence-electron chi connectivity index (χ1n) is 7.54. The quantitative estimate of drug-likeness (QED) is 0.322. The molecule has 10 nitrogen and oxygen atoms in total. The Morgan fingerprint density at radius 1 is 1.50 bits per heavy atom. The number of rotatable bonds is 4. The molecule has 1 saturated heterocycles. The number of nitrogens with zero attached hydrogens (tertiary/aromatic N) is 2. The van der Waals surface area contributed by atoms with Crippen LogP contribution in [0.3, 0.4) is 0 Å². The molecule has 1 aliphatic rings. The smallest absolute Gasteiger partial charge is 0.308 e. The van der Waals surface area contributed by atoms with Gasteiger partial charge in [0.2, 0.25) is 5.91 Å². The third-order valence-electron chi connectivity index (χ3n) is 3.72. The normalized spacial score (nSPS) is 16.4. The molecular weight excluding hydrogens is 364 g/mol. The van der Waals surface area contributed by atoms with Crippen LogP contribution in [0, 0.1) is 10.1 Å². The number of carbonyl (C=O) groups is 3. The van der Waals surface area contributed by atoms with E-state index in [1.165, 1.54) is 30.2 Å². The van der Waals surface area contributed by atoms with Crippen molar-refractivity contribution in [2.45, 2.75) is 12.5 Å². The molecule has 1 aromatic rings. The zero-order valence-corrected chi connectivity index (χ0v) is 14.6. The highest BCUT2D eigenvalue weighted by Crippen LogP contribution is 2.14. The number of piperazine rings is 1. The molecule has 1 aromatic carbocycles. The Labute approximate surface area is 153 Å². The molecule has 0 aliphatic carbocycles. The molecular formula is C15H16N4O6S. The molecule has 0 aromatic heterocycles. The lowest BCUT2D eigenvalue weighted by Gasteiger charge is -2.36. The van der Waals surface area contributed by atoms with Crippen LogP contribution >= 0.6 is 12.2 Å². The van der Waals surface area contributed by atoms with E-state index in [0.717, 1.165) is 6.07 Å². The highest BCUT2D eigenvalue weighted by molar-refractivity contribution is 7.80. The highest BCUT2D eigenvalue weighted by Gasteiger charge is 2.34. The first-order valence-corrected chi connectivity index (χ1v) is 7.95. The van der Waals surface area contributed by atoms with Gasteiger partial charge < -0.3 is 15.0 Å². The summed E-state index contributed by atoms with van der Waals surface area (Å²) in [5, 5.41) is 15.8. The molecule has 2 N–H and O–H groups in total. The third kappa shape index (κ3) is 4.51. The van der Waals surface area contributed by atoms with Crippen molar-refractivity contribution in [1.29, 1.82) is 0 Å². The summed E-state index contributed by atoms with van der Waals surface area (Å²) in [6, 6.07) is 4.25. The first kappa shape index (κ1) is 19.2. The number of hydrogen-bond acceptors (Lipinski definition) is 7. The number of non-ortho nitro benzene ring substituents is 1. The van der Waals surface area contributed by atoms with Crippen LogP contribution in [0.4, 0.5) is 5.69 Å². The van der Waals surface area contributed by atoms with E-state index >= 15 is 0 Å². The largest absolute Gasteiger partial charge is 0.469 e. The second kappa shape index (κ2) is 8.34. The maximum Gasteiger partial charge on any atom is 0.308 e. The minimum atomic E-state index is -0.908. The molecule has 0 bridgehead atoms. The molecule has 11 heteroatoms. The Kier molecular flexibility index (Phi) is 6.17. The molecule has 1 unspecified atom stereocenters. The Morgan fingerprint density at radius 3 is 2.88 bits per heavy atom. The summed E-state index contributed by atoms with van der Waals surface area (Å²) in [6.07, 6.45) is -0.227. The van der Waals surface area contributed by atoms with Crippen molar-refractivity contribution in [1.82, 2.24) is 15.5 Å². The third-order valence-corrected chi connectivity index (χ3v) is 4.06. The van der Waals surface area contributed by atoms with Crippen molar-refractivity contribution in [3.05, 3.63) is 39.9 Å². The second-order valence-electron chi connectivity index (χ2n) is 5.35. The van der Waals surface area contributed by atoms with E-state index in [2.05, 4.69) is 15.4 Å². The van der Waals surface area contributed by atoms with Crippen molar-refractivity contribution >= 4 is 40.8 Å². The molecule has 1 heterocycles. The van der Waals surface area contributed by atoms with Crippen molar-refractivity contribution < 1.29 is 24.0 Å². The molecule has 2 rings (SSSR count). The van der Waals surface area contributed by atoms with Gasteiger partial charge in [-0.25, -0.2) is 0 Å². The van der Waals surface area contributed by atoms with Crippen molar-refractivity contribution in [2.75, 3.05) is 20.2 Å². The molecule has 0 saturated carbocycles. The Balaban J connectivity index is 2.12. The molecule has 138 valence electrons. The standard InChI is InChI=1S/C15H16N4O6S/c1-25-12(20)8-11-14(22)16-5-6-18(11)15(26)17-13(21)9-3-2-4-10(7-9)19(23)24/h2-4,7,11H,5-6,8H2,1H3,(H,16,22)(H,17,21,26). The summed E-state index contributed by atoms with van der Waals surface area (Å²) >= 11 is 5.18. The number of esters is 1. The van der Waals surface area contributed by atoms with E-state index in [-0.39, 0.29) is 22.8 Å². The molecule has 1 atom stereocenters. The number of hydrogen-bond donors (Lipinski definition) is 2. The van der Waals surface area contributed by atoms with Crippen LogP contribution in [0.25, 0.3) is 0 Å². The molecule has 1 aliphatic heterocycles. The lowest BCUT2D eigenvalue weighted by molar-refractivity contribution is -0.384. The number of ether oxygens (including phenoxy) is 1. The number of nitrogens with one attached hydrogen (secondary N) is 2. The fraction of sp³-hybridized carbons (Fsp3) is 0.333. The van der Waals surface area contributed by atoms with Gasteiger partial charge in [-0.2, -0.15) is 0 Å². The predicted molar refractivity (Wildman–Crippen MR) is 93.3 cm³/mol. The summed E-state index contributed by atoms with van der Waals surface area (Å²) in [4.78, 5) is 47.5. The second-order valence-corrected chi connectivity index (χ2v) is 5.73. The minimum absolute atomic E-state index is 0.0486. The van der Waals surface area contributed by atoms with Gasteiger partial charge in [0.1, 0.15) is 6.04 Å². The maximum atomic E-state index is 12.3. The van der Waals surface area contributed by atoms with Crippen LogP contribution in [0.15, 0.2) is 24.3 Å².